The Morgan fingerprint density at radius 2 is 0.852 bits per heavy atom. The molecule has 61 heavy (non-hydrogen) atoms. The second-order valence-corrected chi connectivity index (χ2v) is 16.3. The largest absolute Gasteiger partial charge is 0.306 e. The van der Waals surface area contributed by atoms with Crippen LogP contribution in [0, 0.1) is 0 Å². The van der Waals surface area contributed by atoms with Crippen molar-refractivity contribution in [3.8, 4) is 78.0 Å². The summed E-state index contributed by atoms with van der Waals surface area (Å²) in [6, 6.07) is 75.9. The molecule has 13 rings (SSSR count). The maximum atomic E-state index is 4.81. The van der Waals surface area contributed by atoms with E-state index in [2.05, 4.69) is 199 Å². The van der Waals surface area contributed by atoms with E-state index in [1.807, 2.05) is 24.4 Å². The van der Waals surface area contributed by atoms with Gasteiger partial charge < -0.3 is 4.40 Å². The average molecular weight is 773 g/mol. The minimum absolute atomic E-state index is 0.954. The van der Waals surface area contributed by atoms with Gasteiger partial charge in [0.15, 0.2) is 0 Å². The first-order valence-electron chi connectivity index (χ1n) is 21.0. The summed E-state index contributed by atoms with van der Waals surface area (Å²) in [5.41, 5.74) is 18.3. The average Bonchev–Trinajstić information content (AvgIpc) is 3.92. The second kappa shape index (κ2) is 13.2. The van der Waals surface area contributed by atoms with Crippen LogP contribution in [0.15, 0.2) is 219 Å². The van der Waals surface area contributed by atoms with E-state index < -0.39 is 0 Å². The Kier molecular flexibility index (Phi) is 7.34. The number of nitrogens with zero attached hydrogens (tertiary/aromatic N) is 2. The molecule has 2 aromatic heterocycles. The lowest BCUT2D eigenvalue weighted by molar-refractivity contribution is 1.19. The quantitative estimate of drug-likeness (QED) is 0.159. The van der Waals surface area contributed by atoms with Crippen molar-refractivity contribution in [3.63, 3.8) is 0 Å². The lowest BCUT2D eigenvalue weighted by Crippen LogP contribution is -1.93. The van der Waals surface area contributed by atoms with Crippen LogP contribution in [0.2, 0.25) is 0 Å². The molecule has 0 saturated heterocycles. The van der Waals surface area contributed by atoms with Crippen molar-refractivity contribution in [2.24, 2.45) is 0 Å². The van der Waals surface area contributed by atoms with E-state index in [-0.39, 0.29) is 0 Å². The molecule has 0 atom stereocenters. The summed E-state index contributed by atoms with van der Waals surface area (Å²) >= 11 is 0. The standard InChI is InChI=1S/C59H36N2/c1-3-12-39(13-4-1)55-49-16-7-8-17-50(49)56(40-14-5-2-6-15-40)59-52-32-31-47(48-18-11-19-51(57(48)52)58(55)59)44-28-30-46-43(35-44)26-25-42-34-41(27-29-45(42)46)37-21-23-38(24-22-37)53-36-61-33-10-9-20-54(61)60-53/h1-36H. The smallest absolute Gasteiger partial charge is 0.137 e. The lowest BCUT2D eigenvalue weighted by Gasteiger charge is -2.20. The number of hydrogen-bond donors (Lipinski definition) is 0. The number of fused-ring (bicyclic) bond motifs is 8. The molecule has 10 aromatic carbocycles. The topological polar surface area (TPSA) is 17.3 Å². The zero-order valence-electron chi connectivity index (χ0n) is 33.2. The summed E-state index contributed by atoms with van der Waals surface area (Å²) in [5, 5.41) is 10.2. The maximum Gasteiger partial charge on any atom is 0.137 e. The van der Waals surface area contributed by atoms with E-state index in [0.717, 1.165) is 16.9 Å². The van der Waals surface area contributed by atoms with Crippen LogP contribution in [0.3, 0.4) is 0 Å². The summed E-state index contributed by atoms with van der Waals surface area (Å²) in [6.45, 7) is 0. The molecule has 12 aromatic rings. The highest BCUT2D eigenvalue weighted by Crippen LogP contribution is 2.58. The van der Waals surface area contributed by atoms with Crippen LogP contribution in [0.5, 0.6) is 0 Å². The van der Waals surface area contributed by atoms with Gasteiger partial charge in [-0.3, -0.25) is 0 Å². The highest BCUT2D eigenvalue weighted by molar-refractivity contribution is 6.29. The molecule has 0 radical (unpaired) electrons. The number of imidazole rings is 1. The number of aromatic nitrogens is 2. The third-order valence-electron chi connectivity index (χ3n) is 12.9. The Labute approximate surface area is 353 Å². The number of rotatable bonds is 5. The van der Waals surface area contributed by atoms with Crippen molar-refractivity contribution in [2.45, 2.75) is 0 Å². The summed E-state index contributed by atoms with van der Waals surface area (Å²) in [7, 11) is 0. The molecule has 282 valence electrons. The molecule has 0 bridgehead atoms. The fourth-order valence-electron chi connectivity index (χ4n) is 10.2. The monoisotopic (exact) mass is 772 g/mol. The van der Waals surface area contributed by atoms with E-state index in [0.29, 0.717) is 0 Å². The third kappa shape index (κ3) is 5.19. The van der Waals surface area contributed by atoms with Crippen molar-refractivity contribution >= 4 is 48.7 Å². The molecule has 0 saturated carbocycles. The first-order valence-corrected chi connectivity index (χ1v) is 21.0. The van der Waals surface area contributed by atoms with Gasteiger partial charge in [0.2, 0.25) is 0 Å². The molecule has 0 unspecified atom stereocenters. The Bertz CT molecular complexity index is 3600. The van der Waals surface area contributed by atoms with Crippen LogP contribution in [0.1, 0.15) is 0 Å². The molecule has 0 spiro atoms. The third-order valence-corrected chi connectivity index (χ3v) is 12.9. The molecule has 1 aliphatic carbocycles. The summed E-state index contributed by atoms with van der Waals surface area (Å²) in [5.74, 6) is 0. The summed E-state index contributed by atoms with van der Waals surface area (Å²) in [4.78, 5) is 4.81. The molecular weight excluding hydrogens is 737 g/mol. The minimum Gasteiger partial charge on any atom is -0.306 e. The van der Waals surface area contributed by atoms with Gasteiger partial charge >= 0.3 is 0 Å². The molecule has 0 N–H and O–H groups in total. The molecular formula is C59H36N2. The van der Waals surface area contributed by atoms with Crippen LogP contribution in [0.4, 0.5) is 0 Å². The minimum atomic E-state index is 0.954. The van der Waals surface area contributed by atoms with Gasteiger partial charge in [-0.05, 0) is 134 Å². The Hall–Kier alpha value is -8.07. The predicted octanol–water partition coefficient (Wildman–Crippen LogP) is 15.9. The SMILES string of the molecule is c1ccc(-c2c3c(c(-c4ccccc4)c4ccccc24)-c2ccc(-c4ccc5c(ccc6cc(-c7ccc(-c8cn9ccccc9n8)cc7)ccc65)c4)c4cccc-3c24)cc1. The Morgan fingerprint density at radius 3 is 1.52 bits per heavy atom. The van der Waals surface area contributed by atoms with E-state index >= 15 is 0 Å². The second-order valence-electron chi connectivity index (χ2n) is 16.3. The number of hydrogen-bond acceptors (Lipinski definition) is 1. The molecule has 0 amide bonds. The van der Waals surface area contributed by atoms with Gasteiger partial charge in [0.1, 0.15) is 5.65 Å². The molecule has 2 heterocycles. The fraction of sp³-hybridized carbons (Fsp3) is 0. The van der Waals surface area contributed by atoms with Crippen LogP contribution in [0.25, 0.3) is 127 Å². The first-order chi connectivity index (χ1) is 30.2. The number of benzene rings is 10. The van der Waals surface area contributed by atoms with Gasteiger partial charge in [-0.1, -0.05) is 182 Å². The van der Waals surface area contributed by atoms with E-state index in [9.17, 15) is 0 Å². The van der Waals surface area contributed by atoms with E-state index in [1.165, 1.54) is 110 Å². The molecule has 0 fully saturated rings. The maximum absolute atomic E-state index is 4.81. The molecule has 2 heteroatoms. The molecule has 0 aliphatic heterocycles. The van der Waals surface area contributed by atoms with Gasteiger partial charge in [0, 0.05) is 18.0 Å². The lowest BCUT2D eigenvalue weighted by atomic mass is 9.82. The Morgan fingerprint density at radius 1 is 0.311 bits per heavy atom. The van der Waals surface area contributed by atoms with Crippen molar-refractivity contribution in [1.29, 1.82) is 0 Å². The van der Waals surface area contributed by atoms with Gasteiger partial charge in [0.25, 0.3) is 0 Å². The van der Waals surface area contributed by atoms with Crippen molar-refractivity contribution in [1.82, 2.24) is 9.38 Å². The van der Waals surface area contributed by atoms with Crippen LogP contribution in [-0.4, -0.2) is 9.38 Å². The fourth-order valence-corrected chi connectivity index (χ4v) is 10.2. The van der Waals surface area contributed by atoms with Crippen molar-refractivity contribution in [3.05, 3.63) is 219 Å². The summed E-state index contributed by atoms with van der Waals surface area (Å²) in [6.07, 6.45) is 4.13. The molecule has 2 nitrogen and oxygen atoms in total. The number of pyridine rings is 1. The zero-order valence-corrected chi connectivity index (χ0v) is 33.2. The van der Waals surface area contributed by atoms with Crippen LogP contribution in [-0.2, 0) is 0 Å². The van der Waals surface area contributed by atoms with E-state index in [4.69, 9.17) is 4.98 Å². The van der Waals surface area contributed by atoms with Crippen molar-refractivity contribution < 1.29 is 0 Å². The van der Waals surface area contributed by atoms with Gasteiger partial charge in [-0.25, -0.2) is 4.98 Å². The van der Waals surface area contributed by atoms with Crippen LogP contribution >= 0.6 is 0 Å². The predicted molar refractivity (Wildman–Crippen MR) is 257 cm³/mol. The highest BCUT2D eigenvalue weighted by Gasteiger charge is 2.31. The van der Waals surface area contributed by atoms with Gasteiger partial charge in [-0.15, -0.1) is 0 Å². The zero-order chi connectivity index (χ0) is 40.0. The molecule has 1 aliphatic rings. The van der Waals surface area contributed by atoms with Crippen molar-refractivity contribution in [2.75, 3.05) is 0 Å². The van der Waals surface area contributed by atoms with E-state index in [1.54, 1.807) is 0 Å². The first kappa shape index (κ1) is 33.9. The highest BCUT2D eigenvalue weighted by atomic mass is 15.0. The van der Waals surface area contributed by atoms with Gasteiger partial charge in [0.05, 0.1) is 5.69 Å². The van der Waals surface area contributed by atoms with Gasteiger partial charge in [-0.2, -0.15) is 0 Å². The van der Waals surface area contributed by atoms with Crippen LogP contribution < -0.4 is 0 Å². The normalized spacial score (nSPS) is 11.9. The summed E-state index contributed by atoms with van der Waals surface area (Å²) < 4.78 is 2.07. The Balaban J connectivity index is 0.924.